The van der Waals surface area contributed by atoms with Crippen LogP contribution in [0.3, 0.4) is 0 Å². The second kappa shape index (κ2) is 9.93. The van der Waals surface area contributed by atoms with Gasteiger partial charge in [-0.05, 0) is 43.0 Å². The molecule has 0 spiro atoms. The fourth-order valence-corrected chi connectivity index (χ4v) is 4.36. The summed E-state index contributed by atoms with van der Waals surface area (Å²) in [4.78, 5) is 19.5. The van der Waals surface area contributed by atoms with E-state index < -0.39 is 6.04 Å². The van der Waals surface area contributed by atoms with Crippen molar-refractivity contribution < 1.29 is 13.7 Å². The van der Waals surface area contributed by atoms with Gasteiger partial charge in [-0.25, -0.2) is 9.18 Å². The van der Waals surface area contributed by atoms with Gasteiger partial charge in [0.1, 0.15) is 5.82 Å². The number of aromatic nitrogens is 2. The number of aryl methyl sites for hydroxylation is 1. The quantitative estimate of drug-likeness (QED) is 0.361. The summed E-state index contributed by atoms with van der Waals surface area (Å²) in [5.74, 6) is 0.444. The predicted molar refractivity (Wildman–Crippen MR) is 131 cm³/mol. The third kappa shape index (κ3) is 4.84. The third-order valence-electron chi connectivity index (χ3n) is 6.18. The number of carbonyl (C=O) groups excluding carboxylic acids is 1. The molecule has 0 bridgehead atoms. The molecule has 3 aromatic carbocycles. The lowest BCUT2D eigenvalue weighted by Crippen LogP contribution is -2.46. The number of nitrogens with zero attached hydrogens (tertiary/aromatic N) is 3. The zero-order valence-electron chi connectivity index (χ0n) is 19.3. The molecule has 7 heteroatoms. The maximum atomic E-state index is 13.6. The van der Waals surface area contributed by atoms with Crippen molar-refractivity contribution in [1.29, 1.82) is 0 Å². The van der Waals surface area contributed by atoms with Gasteiger partial charge in [-0.3, -0.25) is 4.90 Å². The van der Waals surface area contributed by atoms with E-state index in [1.54, 1.807) is 17.0 Å². The molecular formula is C28H25FN4O2. The van der Waals surface area contributed by atoms with Gasteiger partial charge in [-0.1, -0.05) is 78.0 Å². The van der Waals surface area contributed by atoms with E-state index in [1.807, 2.05) is 55.5 Å². The lowest BCUT2D eigenvalue weighted by molar-refractivity contribution is 0.204. The lowest BCUT2D eigenvalue weighted by atomic mass is 9.94. The van der Waals surface area contributed by atoms with Crippen LogP contribution in [0.4, 0.5) is 9.18 Å². The summed E-state index contributed by atoms with van der Waals surface area (Å²) in [6.07, 6.45) is 1.65. The van der Waals surface area contributed by atoms with Crippen molar-refractivity contribution in [3.63, 3.8) is 0 Å². The first-order valence-corrected chi connectivity index (χ1v) is 11.6. The smallest absolute Gasteiger partial charge is 0.322 e. The normalized spacial score (nSPS) is 15.9. The number of allylic oxidation sites excluding steroid dienone is 1. The van der Waals surface area contributed by atoms with Crippen molar-refractivity contribution in [3.05, 3.63) is 113 Å². The number of hydrogen-bond acceptors (Lipinski definition) is 4. The van der Waals surface area contributed by atoms with E-state index in [0.717, 1.165) is 29.7 Å². The molecule has 2 amide bonds. The van der Waals surface area contributed by atoms with Crippen LogP contribution >= 0.6 is 0 Å². The molecule has 1 aliphatic heterocycles. The van der Waals surface area contributed by atoms with Gasteiger partial charge in [0.05, 0.1) is 11.6 Å². The molecule has 1 N–H and O–H groups in total. The fraction of sp³-hybridized carbons (Fsp3) is 0.179. The van der Waals surface area contributed by atoms with Crippen molar-refractivity contribution in [2.45, 2.75) is 25.8 Å². The van der Waals surface area contributed by atoms with Crippen molar-refractivity contribution >= 4 is 11.6 Å². The molecule has 176 valence electrons. The van der Waals surface area contributed by atoms with Crippen LogP contribution in [-0.2, 0) is 6.42 Å². The third-order valence-corrected chi connectivity index (χ3v) is 6.18. The topological polar surface area (TPSA) is 71.3 Å². The van der Waals surface area contributed by atoms with E-state index in [1.165, 1.54) is 17.7 Å². The number of urea groups is 1. The molecule has 0 saturated heterocycles. The van der Waals surface area contributed by atoms with E-state index >= 15 is 0 Å². The Labute approximate surface area is 203 Å². The van der Waals surface area contributed by atoms with E-state index in [9.17, 15) is 9.18 Å². The number of amides is 2. The highest BCUT2D eigenvalue weighted by atomic mass is 19.1. The minimum atomic E-state index is -0.544. The van der Waals surface area contributed by atoms with Crippen molar-refractivity contribution in [2.24, 2.45) is 0 Å². The van der Waals surface area contributed by atoms with Crippen LogP contribution in [0.15, 0.2) is 95.1 Å². The summed E-state index contributed by atoms with van der Waals surface area (Å²) in [5, 5.41) is 7.23. The van der Waals surface area contributed by atoms with E-state index in [4.69, 9.17) is 4.52 Å². The second-order valence-corrected chi connectivity index (χ2v) is 8.46. The van der Waals surface area contributed by atoms with Crippen LogP contribution in [0.1, 0.15) is 36.4 Å². The van der Waals surface area contributed by atoms with Gasteiger partial charge in [0.25, 0.3) is 5.89 Å². The van der Waals surface area contributed by atoms with Crippen LogP contribution in [0, 0.1) is 5.82 Å². The predicted octanol–water partition coefficient (Wildman–Crippen LogP) is 6.01. The summed E-state index contributed by atoms with van der Waals surface area (Å²) in [7, 11) is 0. The average molecular weight is 469 g/mol. The molecule has 6 nitrogen and oxygen atoms in total. The molecule has 0 aliphatic carbocycles. The van der Waals surface area contributed by atoms with Crippen LogP contribution < -0.4 is 5.32 Å². The molecule has 1 aliphatic rings. The Bertz CT molecular complexity index is 1330. The van der Waals surface area contributed by atoms with Gasteiger partial charge in [0.2, 0.25) is 5.82 Å². The van der Waals surface area contributed by atoms with E-state index in [2.05, 4.69) is 27.6 Å². The molecule has 0 radical (unpaired) electrons. The number of halogens is 1. The summed E-state index contributed by atoms with van der Waals surface area (Å²) in [6.45, 7) is 2.42. The maximum absolute atomic E-state index is 13.6. The molecule has 5 rings (SSSR count). The van der Waals surface area contributed by atoms with Gasteiger partial charge in [0.15, 0.2) is 0 Å². The molecule has 0 saturated carbocycles. The summed E-state index contributed by atoms with van der Waals surface area (Å²) in [6, 6.07) is 25.1. The van der Waals surface area contributed by atoms with Crippen LogP contribution in [0.5, 0.6) is 0 Å². The minimum Gasteiger partial charge on any atom is -0.334 e. The van der Waals surface area contributed by atoms with Crippen molar-refractivity contribution in [3.8, 4) is 11.4 Å². The zero-order chi connectivity index (χ0) is 24.2. The molecular weight excluding hydrogens is 443 g/mol. The number of hydrogen-bond donors (Lipinski definition) is 1. The van der Waals surface area contributed by atoms with Gasteiger partial charge < -0.3 is 9.84 Å². The Kier molecular flexibility index (Phi) is 6.39. The lowest BCUT2D eigenvalue weighted by Gasteiger charge is -2.35. The first-order valence-electron chi connectivity index (χ1n) is 11.6. The molecule has 1 atom stereocenters. The molecule has 2 heterocycles. The van der Waals surface area contributed by atoms with Crippen LogP contribution in [-0.4, -0.2) is 27.6 Å². The number of carbonyl (C=O) groups is 1. The van der Waals surface area contributed by atoms with Gasteiger partial charge >= 0.3 is 6.03 Å². The summed E-state index contributed by atoms with van der Waals surface area (Å²) >= 11 is 0. The standard InChI is InChI=1S/C28H25FN4O2/c1-19-24(27-31-26(32-35-27)22-12-6-3-7-13-22)25(21-14-16-23(29)17-15-21)30-28(34)33(19)18-8-11-20-9-4-2-5-10-20/h2-7,9-10,12-17,25H,8,11,18H2,1H3,(H,30,34). The Morgan fingerprint density at radius 2 is 1.66 bits per heavy atom. The fourth-order valence-electron chi connectivity index (χ4n) is 4.36. The number of benzene rings is 3. The largest absolute Gasteiger partial charge is 0.334 e. The highest BCUT2D eigenvalue weighted by Gasteiger charge is 2.35. The zero-order valence-corrected chi connectivity index (χ0v) is 19.3. The van der Waals surface area contributed by atoms with Gasteiger partial charge in [-0.15, -0.1) is 0 Å². The summed E-state index contributed by atoms with van der Waals surface area (Å²) in [5.41, 5.74) is 4.22. The Morgan fingerprint density at radius 3 is 2.37 bits per heavy atom. The maximum Gasteiger partial charge on any atom is 0.322 e. The highest BCUT2D eigenvalue weighted by Crippen LogP contribution is 2.37. The van der Waals surface area contributed by atoms with E-state index in [0.29, 0.717) is 23.8 Å². The summed E-state index contributed by atoms with van der Waals surface area (Å²) < 4.78 is 19.3. The Morgan fingerprint density at radius 1 is 0.971 bits per heavy atom. The minimum absolute atomic E-state index is 0.212. The van der Waals surface area contributed by atoms with Crippen LogP contribution in [0.2, 0.25) is 0 Å². The SMILES string of the molecule is CC1=C(c2nc(-c3ccccc3)no2)C(c2ccc(F)cc2)NC(=O)N1CCCc1ccccc1. The highest BCUT2D eigenvalue weighted by molar-refractivity contribution is 5.86. The molecule has 35 heavy (non-hydrogen) atoms. The second-order valence-electron chi connectivity index (χ2n) is 8.46. The first-order chi connectivity index (χ1) is 17.1. The van der Waals surface area contributed by atoms with E-state index in [-0.39, 0.29) is 11.8 Å². The van der Waals surface area contributed by atoms with Crippen molar-refractivity contribution in [1.82, 2.24) is 20.4 Å². The van der Waals surface area contributed by atoms with Gasteiger partial charge in [0, 0.05) is 17.8 Å². The molecule has 1 unspecified atom stereocenters. The molecule has 4 aromatic rings. The number of nitrogens with one attached hydrogen (secondary N) is 1. The molecule has 1 aromatic heterocycles. The molecule has 0 fully saturated rings. The average Bonchev–Trinajstić information content (AvgIpc) is 3.37. The monoisotopic (exact) mass is 468 g/mol. The Balaban J connectivity index is 1.49. The first kappa shape index (κ1) is 22.5. The van der Waals surface area contributed by atoms with Crippen molar-refractivity contribution in [2.75, 3.05) is 6.54 Å². The van der Waals surface area contributed by atoms with Gasteiger partial charge in [-0.2, -0.15) is 4.98 Å². The number of rotatable bonds is 7. The Hall–Kier alpha value is -4.26. The van der Waals surface area contributed by atoms with Crippen LogP contribution in [0.25, 0.3) is 17.0 Å².